The van der Waals surface area contributed by atoms with Crippen LogP contribution in [0.1, 0.15) is 26.7 Å². The monoisotopic (exact) mass is 291 g/mol. The molecule has 1 aliphatic carbocycles. The van der Waals surface area contributed by atoms with Crippen LogP contribution in [0.4, 0.5) is 17.1 Å². The molecule has 1 N–H and O–H groups in total. The van der Waals surface area contributed by atoms with Gasteiger partial charge in [0.05, 0.1) is 17.1 Å². The molecule has 2 aliphatic rings. The van der Waals surface area contributed by atoms with Crippen molar-refractivity contribution in [1.82, 2.24) is 0 Å². The molecule has 6 nitrogen and oxygen atoms in total. The van der Waals surface area contributed by atoms with Crippen molar-refractivity contribution in [2.75, 3.05) is 23.3 Å². The van der Waals surface area contributed by atoms with E-state index in [4.69, 9.17) is 4.74 Å². The molecule has 1 aromatic rings. The number of anilines is 2. The molecule has 114 valence electrons. The number of morpholine rings is 1. The summed E-state index contributed by atoms with van der Waals surface area (Å²) in [6, 6.07) is 5.73. The number of benzene rings is 1. The minimum Gasteiger partial charge on any atom is -0.377 e. The first-order valence-corrected chi connectivity index (χ1v) is 7.48. The van der Waals surface area contributed by atoms with Crippen LogP contribution in [0.2, 0.25) is 0 Å². The summed E-state index contributed by atoms with van der Waals surface area (Å²) in [7, 11) is 0. The van der Waals surface area contributed by atoms with Crippen LogP contribution in [-0.2, 0) is 4.74 Å². The summed E-state index contributed by atoms with van der Waals surface area (Å²) in [6.45, 7) is 5.73. The lowest BCUT2D eigenvalue weighted by molar-refractivity contribution is -0.384. The Morgan fingerprint density at radius 1 is 1.29 bits per heavy atom. The molecule has 0 spiro atoms. The maximum Gasteiger partial charge on any atom is 0.292 e. The Bertz CT molecular complexity index is 535. The van der Waals surface area contributed by atoms with Gasteiger partial charge in [-0.2, -0.15) is 0 Å². The number of nitro groups is 1. The van der Waals surface area contributed by atoms with Crippen LogP contribution in [0.25, 0.3) is 0 Å². The number of hydrogen-bond donors (Lipinski definition) is 1. The molecular formula is C15H21N3O3. The molecule has 6 heteroatoms. The maximum atomic E-state index is 11.1. The van der Waals surface area contributed by atoms with Crippen molar-refractivity contribution in [3.63, 3.8) is 0 Å². The van der Waals surface area contributed by atoms with Gasteiger partial charge in [-0.15, -0.1) is 0 Å². The second kappa shape index (κ2) is 5.52. The number of nitrogens with one attached hydrogen (secondary N) is 1. The van der Waals surface area contributed by atoms with Crippen molar-refractivity contribution in [3.05, 3.63) is 28.3 Å². The number of nitrogens with zero attached hydrogens (tertiary/aromatic N) is 2. The zero-order valence-corrected chi connectivity index (χ0v) is 12.4. The highest BCUT2D eigenvalue weighted by Crippen LogP contribution is 2.34. The number of rotatable bonds is 4. The third kappa shape index (κ3) is 3.26. The lowest BCUT2D eigenvalue weighted by Crippen LogP contribution is -2.45. The molecule has 1 saturated heterocycles. The van der Waals surface area contributed by atoms with Gasteiger partial charge in [-0.1, -0.05) is 0 Å². The van der Waals surface area contributed by atoms with Gasteiger partial charge < -0.3 is 15.0 Å². The van der Waals surface area contributed by atoms with Crippen molar-refractivity contribution in [2.45, 2.75) is 44.9 Å². The van der Waals surface area contributed by atoms with E-state index in [9.17, 15) is 10.1 Å². The van der Waals surface area contributed by atoms with Crippen molar-refractivity contribution in [3.8, 4) is 0 Å². The molecule has 1 heterocycles. The summed E-state index contributed by atoms with van der Waals surface area (Å²) in [4.78, 5) is 13.1. The molecule has 21 heavy (non-hydrogen) atoms. The average molecular weight is 291 g/mol. The third-order valence-electron chi connectivity index (χ3n) is 3.90. The van der Waals surface area contributed by atoms with Crippen molar-refractivity contribution in [1.29, 1.82) is 0 Å². The smallest absolute Gasteiger partial charge is 0.292 e. The third-order valence-corrected chi connectivity index (χ3v) is 3.90. The molecular weight excluding hydrogens is 270 g/mol. The summed E-state index contributed by atoms with van der Waals surface area (Å²) in [5.41, 5.74) is 1.80. The zero-order valence-electron chi connectivity index (χ0n) is 12.4. The van der Waals surface area contributed by atoms with Gasteiger partial charge in [0.1, 0.15) is 5.69 Å². The normalized spacial score (nSPS) is 25.7. The molecule has 1 aliphatic heterocycles. The minimum atomic E-state index is -0.320. The van der Waals surface area contributed by atoms with Crippen molar-refractivity contribution >= 4 is 17.1 Å². The summed E-state index contributed by atoms with van der Waals surface area (Å²) in [5.74, 6) is 0. The van der Waals surface area contributed by atoms with E-state index in [0.29, 0.717) is 11.7 Å². The Morgan fingerprint density at radius 2 is 1.95 bits per heavy atom. The molecule has 2 atom stereocenters. The van der Waals surface area contributed by atoms with Gasteiger partial charge in [0, 0.05) is 30.9 Å². The molecule has 1 saturated carbocycles. The lowest BCUT2D eigenvalue weighted by Gasteiger charge is -2.37. The summed E-state index contributed by atoms with van der Waals surface area (Å²) >= 11 is 0. The van der Waals surface area contributed by atoms with Gasteiger partial charge in [0.15, 0.2) is 0 Å². The lowest BCUT2D eigenvalue weighted by atomic mass is 10.1. The predicted molar refractivity (Wildman–Crippen MR) is 82.0 cm³/mol. The molecule has 0 radical (unpaired) electrons. The Labute approximate surface area is 124 Å². The van der Waals surface area contributed by atoms with Crippen LogP contribution in [0.5, 0.6) is 0 Å². The predicted octanol–water partition coefficient (Wildman–Crippen LogP) is 2.78. The van der Waals surface area contributed by atoms with E-state index in [1.807, 2.05) is 12.1 Å². The highest BCUT2D eigenvalue weighted by molar-refractivity contribution is 5.70. The van der Waals surface area contributed by atoms with Crippen LogP contribution in [0, 0.1) is 10.1 Å². The largest absolute Gasteiger partial charge is 0.377 e. The average Bonchev–Trinajstić information content (AvgIpc) is 3.21. The van der Waals surface area contributed by atoms with Crippen LogP contribution < -0.4 is 10.2 Å². The number of nitro benzene ring substituents is 1. The highest BCUT2D eigenvalue weighted by Gasteiger charge is 2.27. The SMILES string of the molecule is CC1CN(c2ccc([N+](=O)[O-])c(NC3CC3)c2)CC(C)O1. The number of ether oxygens (including phenoxy) is 1. The molecule has 0 aromatic heterocycles. The second-order valence-corrected chi connectivity index (χ2v) is 6.04. The Balaban J connectivity index is 1.86. The first kappa shape index (κ1) is 14.1. The fourth-order valence-corrected chi connectivity index (χ4v) is 2.83. The van der Waals surface area contributed by atoms with E-state index in [0.717, 1.165) is 31.6 Å². The van der Waals surface area contributed by atoms with Crippen LogP contribution in [-0.4, -0.2) is 36.3 Å². The molecule has 2 unspecified atom stereocenters. The van der Waals surface area contributed by atoms with Crippen LogP contribution >= 0.6 is 0 Å². The Kier molecular flexibility index (Phi) is 3.71. The quantitative estimate of drug-likeness (QED) is 0.682. The van der Waals surface area contributed by atoms with E-state index >= 15 is 0 Å². The molecule has 0 amide bonds. The van der Waals surface area contributed by atoms with Gasteiger partial charge >= 0.3 is 0 Å². The van der Waals surface area contributed by atoms with Gasteiger partial charge in [-0.3, -0.25) is 10.1 Å². The van der Waals surface area contributed by atoms with Crippen LogP contribution in [0.15, 0.2) is 18.2 Å². The molecule has 2 fully saturated rings. The van der Waals surface area contributed by atoms with Crippen molar-refractivity contribution in [2.24, 2.45) is 0 Å². The molecule has 3 rings (SSSR count). The molecule has 0 bridgehead atoms. The van der Waals surface area contributed by atoms with Gasteiger partial charge in [-0.25, -0.2) is 0 Å². The van der Waals surface area contributed by atoms with Crippen LogP contribution in [0.3, 0.4) is 0 Å². The fraction of sp³-hybridized carbons (Fsp3) is 0.600. The first-order chi connectivity index (χ1) is 10.0. The fourth-order valence-electron chi connectivity index (χ4n) is 2.83. The zero-order chi connectivity index (χ0) is 15.0. The minimum absolute atomic E-state index is 0.153. The Hall–Kier alpha value is -1.82. The first-order valence-electron chi connectivity index (χ1n) is 7.48. The van der Waals surface area contributed by atoms with Gasteiger partial charge in [0.2, 0.25) is 0 Å². The van der Waals surface area contributed by atoms with E-state index < -0.39 is 0 Å². The number of hydrogen-bond acceptors (Lipinski definition) is 5. The molecule has 1 aromatic carbocycles. The Morgan fingerprint density at radius 3 is 2.52 bits per heavy atom. The van der Waals surface area contributed by atoms with Gasteiger partial charge in [0.25, 0.3) is 5.69 Å². The van der Waals surface area contributed by atoms with E-state index in [1.54, 1.807) is 6.07 Å². The highest BCUT2D eigenvalue weighted by atomic mass is 16.6. The summed E-state index contributed by atoms with van der Waals surface area (Å²) < 4.78 is 5.74. The van der Waals surface area contributed by atoms with E-state index in [2.05, 4.69) is 24.1 Å². The van der Waals surface area contributed by atoms with Crippen molar-refractivity contribution < 1.29 is 9.66 Å². The van der Waals surface area contributed by atoms with E-state index in [1.165, 1.54) is 0 Å². The standard InChI is InChI=1S/C15H21N3O3/c1-10-8-17(9-11(2)21-10)13-5-6-15(18(19)20)14(7-13)16-12-3-4-12/h5-7,10-12,16H,3-4,8-9H2,1-2H3. The second-order valence-electron chi connectivity index (χ2n) is 6.04. The van der Waals surface area contributed by atoms with E-state index in [-0.39, 0.29) is 22.8 Å². The summed E-state index contributed by atoms with van der Waals surface area (Å²) in [6.07, 6.45) is 2.52. The maximum absolute atomic E-state index is 11.1. The van der Waals surface area contributed by atoms with Gasteiger partial charge in [-0.05, 0) is 38.8 Å². The topological polar surface area (TPSA) is 67.6 Å². The summed E-state index contributed by atoms with van der Waals surface area (Å²) in [5, 5.41) is 14.4.